The molecule has 130 valence electrons. The number of halogens is 1. The number of nitrogens with one attached hydrogen (secondary N) is 1. The summed E-state index contributed by atoms with van der Waals surface area (Å²) >= 11 is 5.87. The van der Waals surface area contributed by atoms with E-state index >= 15 is 0 Å². The summed E-state index contributed by atoms with van der Waals surface area (Å²) in [6.07, 6.45) is 0.208. The minimum Gasteiger partial charge on any atom is -0.355 e. The fraction of sp³-hybridized carbons (Fsp3) is 0.467. The number of hydrogen-bond acceptors (Lipinski definition) is 4. The van der Waals surface area contributed by atoms with Gasteiger partial charge in [0.15, 0.2) is 0 Å². The lowest BCUT2D eigenvalue weighted by molar-refractivity contribution is -0.136. The number of hydrogen-bond donors (Lipinski definition) is 1. The highest BCUT2D eigenvalue weighted by atomic mass is 35.5. The second-order valence-corrected chi connectivity index (χ2v) is 8.27. The average molecular weight is 372 g/mol. The van der Waals surface area contributed by atoms with E-state index in [9.17, 15) is 18.0 Å². The van der Waals surface area contributed by atoms with Crippen LogP contribution >= 0.6 is 11.6 Å². The molecule has 2 aliphatic heterocycles. The van der Waals surface area contributed by atoms with Gasteiger partial charge in [-0.1, -0.05) is 17.7 Å². The zero-order valence-electron chi connectivity index (χ0n) is 12.9. The van der Waals surface area contributed by atoms with Crippen molar-refractivity contribution in [2.24, 2.45) is 5.92 Å². The van der Waals surface area contributed by atoms with Gasteiger partial charge in [0.1, 0.15) is 0 Å². The van der Waals surface area contributed by atoms with Crippen molar-refractivity contribution >= 4 is 33.4 Å². The Morgan fingerprint density at radius 2 is 1.92 bits per heavy atom. The molecule has 7 nitrogen and oxygen atoms in total. The normalized spacial score (nSPS) is 22.5. The highest BCUT2D eigenvalue weighted by molar-refractivity contribution is 7.89. The van der Waals surface area contributed by atoms with Crippen LogP contribution in [0.25, 0.3) is 0 Å². The Hall–Kier alpha value is -1.64. The van der Waals surface area contributed by atoms with E-state index < -0.39 is 10.0 Å². The van der Waals surface area contributed by atoms with Crippen LogP contribution in [0.1, 0.15) is 6.42 Å². The largest absolute Gasteiger partial charge is 0.355 e. The first-order valence-electron chi connectivity index (χ1n) is 7.69. The molecule has 0 saturated carbocycles. The SMILES string of the molecule is O=C1CC(C(=O)N2CCN(S(=O)(=O)c3cccc(Cl)c3)CC2)CN1. The number of benzene rings is 1. The van der Waals surface area contributed by atoms with E-state index in [2.05, 4.69) is 5.32 Å². The second-order valence-electron chi connectivity index (χ2n) is 5.89. The molecule has 0 aliphatic carbocycles. The molecule has 3 rings (SSSR count). The molecule has 2 amide bonds. The van der Waals surface area contributed by atoms with Gasteiger partial charge in [-0.05, 0) is 18.2 Å². The summed E-state index contributed by atoms with van der Waals surface area (Å²) in [6, 6.07) is 6.14. The van der Waals surface area contributed by atoms with E-state index in [1.165, 1.54) is 16.4 Å². The van der Waals surface area contributed by atoms with Gasteiger partial charge in [0.05, 0.1) is 10.8 Å². The quantitative estimate of drug-likeness (QED) is 0.828. The number of rotatable bonds is 3. The Kier molecular flexibility index (Phi) is 4.80. The number of carbonyl (C=O) groups excluding carboxylic acids is 2. The Morgan fingerprint density at radius 1 is 1.21 bits per heavy atom. The van der Waals surface area contributed by atoms with Crippen molar-refractivity contribution in [3.63, 3.8) is 0 Å². The van der Waals surface area contributed by atoms with Crippen LogP contribution in [0.2, 0.25) is 5.02 Å². The van der Waals surface area contributed by atoms with Gasteiger partial charge in [-0.25, -0.2) is 8.42 Å². The molecule has 24 heavy (non-hydrogen) atoms. The van der Waals surface area contributed by atoms with Gasteiger partial charge >= 0.3 is 0 Å². The maximum Gasteiger partial charge on any atom is 0.243 e. The zero-order chi connectivity index (χ0) is 17.3. The number of piperazine rings is 1. The van der Waals surface area contributed by atoms with Crippen LogP contribution in [-0.4, -0.2) is 62.2 Å². The van der Waals surface area contributed by atoms with Gasteiger partial charge in [-0.15, -0.1) is 0 Å². The summed E-state index contributed by atoms with van der Waals surface area (Å²) in [5.74, 6) is -0.544. The molecular weight excluding hydrogens is 354 g/mol. The van der Waals surface area contributed by atoms with Gasteiger partial charge in [0.25, 0.3) is 0 Å². The fourth-order valence-electron chi connectivity index (χ4n) is 2.96. The monoisotopic (exact) mass is 371 g/mol. The molecule has 1 atom stereocenters. The van der Waals surface area contributed by atoms with E-state index in [1.54, 1.807) is 17.0 Å². The maximum atomic E-state index is 12.6. The molecule has 2 heterocycles. The molecule has 2 aliphatic rings. The molecule has 2 saturated heterocycles. The molecule has 0 aromatic heterocycles. The van der Waals surface area contributed by atoms with Crippen molar-refractivity contribution in [3.8, 4) is 0 Å². The first kappa shape index (κ1) is 17.2. The number of amides is 2. The molecule has 1 aromatic rings. The predicted octanol–water partition coefficient (Wildman–Crippen LogP) is 0.309. The van der Waals surface area contributed by atoms with Crippen molar-refractivity contribution in [1.29, 1.82) is 0 Å². The van der Waals surface area contributed by atoms with Gasteiger partial charge in [-0.2, -0.15) is 4.31 Å². The van der Waals surface area contributed by atoms with Crippen molar-refractivity contribution < 1.29 is 18.0 Å². The smallest absolute Gasteiger partial charge is 0.243 e. The first-order chi connectivity index (χ1) is 11.4. The topological polar surface area (TPSA) is 86.8 Å². The summed E-state index contributed by atoms with van der Waals surface area (Å²) in [7, 11) is -3.62. The third-order valence-corrected chi connectivity index (χ3v) is 6.44. The van der Waals surface area contributed by atoms with Crippen LogP contribution in [0.3, 0.4) is 0 Å². The van der Waals surface area contributed by atoms with Crippen LogP contribution in [0.5, 0.6) is 0 Å². The highest BCUT2D eigenvalue weighted by Gasteiger charge is 2.35. The number of sulfonamides is 1. The van der Waals surface area contributed by atoms with Crippen LogP contribution in [0.4, 0.5) is 0 Å². The molecule has 0 spiro atoms. The van der Waals surface area contributed by atoms with E-state index in [4.69, 9.17) is 11.6 Å². The van der Waals surface area contributed by atoms with Crippen molar-refractivity contribution in [1.82, 2.24) is 14.5 Å². The first-order valence-corrected chi connectivity index (χ1v) is 9.51. The third kappa shape index (κ3) is 3.40. The molecule has 0 radical (unpaired) electrons. The van der Waals surface area contributed by atoms with Crippen molar-refractivity contribution in [2.75, 3.05) is 32.7 Å². The molecule has 2 fully saturated rings. The van der Waals surface area contributed by atoms with Crippen molar-refractivity contribution in [2.45, 2.75) is 11.3 Å². The maximum absolute atomic E-state index is 12.6. The van der Waals surface area contributed by atoms with E-state index in [0.717, 1.165) is 0 Å². The van der Waals surface area contributed by atoms with Gasteiger partial charge in [-0.3, -0.25) is 9.59 Å². The summed E-state index contributed by atoms with van der Waals surface area (Å²) in [6.45, 7) is 1.47. The lowest BCUT2D eigenvalue weighted by Gasteiger charge is -2.35. The molecule has 1 unspecified atom stereocenters. The van der Waals surface area contributed by atoms with E-state index in [-0.39, 0.29) is 42.1 Å². The second kappa shape index (κ2) is 6.70. The minimum atomic E-state index is -3.62. The van der Waals surface area contributed by atoms with E-state index in [1.807, 2.05) is 0 Å². The standard InChI is InChI=1S/C15H18ClN3O4S/c16-12-2-1-3-13(9-12)24(22,23)19-6-4-18(5-7-19)15(21)11-8-14(20)17-10-11/h1-3,9,11H,4-8,10H2,(H,17,20). The Morgan fingerprint density at radius 3 is 2.50 bits per heavy atom. The van der Waals surface area contributed by atoms with E-state index in [0.29, 0.717) is 24.7 Å². The summed E-state index contributed by atoms with van der Waals surface area (Å²) in [5, 5.41) is 3.01. The van der Waals surface area contributed by atoms with Crippen molar-refractivity contribution in [3.05, 3.63) is 29.3 Å². The molecule has 0 bridgehead atoms. The lowest BCUT2D eigenvalue weighted by atomic mass is 10.1. The summed E-state index contributed by atoms with van der Waals surface area (Å²) in [5.41, 5.74) is 0. The fourth-order valence-corrected chi connectivity index (χ4v) is 4.69. The summed E-state index contributed by atoms with van der Waals surface area (Å²) < 4.78 is 26.6. The zero-order valence-corrected chi connectivity index (χ0v) is 14.5. The van der Waals surface area contributed by atoms with Crippen LogP contribution in [0.15, 0.2) is 29.2 Å². The van der Waals surface area contributed by atoms with Crippen LogP contribution < -0.4 is 5.32 Å². The molecule has 9 heteroatoms. The Balaban J connectivity index is 1.64. The molecular formula is C15H18ClN3O4S. The molecule has 1 aromatic carbocycles. The average Bonchev–Trinajstić information content (AvgIpc) is 3.01. The Bertz CT molecular complexity index is 760. The minimum absolute atomic E-state index is 0.0897. The number of nitrogens with zero attached hydrogens (tertiary/aromatic N) is 2. The predicted molar refractivity (Wildman–Crippen MR) is 87.9 cm³/mol. The summed E-state index contributed by atoms with van der Waals surface area (Å²) in [4.78, 5) is 25.4. The Labute approximate surface area is 145 Å². The lowest BCUT2D eigenvalue weighted by Crippen LogP contribution is -2.52. The number of carbonyl (C=O) groups is 2. The highest BCUT2D eigenvalue weighted by Crippen LogP contribution is 2.22. The van der Waals surface area contributed by atoms with Gasteiger partial charge in [0, 0.05) is 44.2 Å². The van der Waals surface area contributed by atoms with Crippen LogP contribution in [0, 0.1) is 5.92 Å². The van der Waals surface area contributed by atoms with Crippen LogP contribution in [-0.2, 0) is 19.6 Å². The third-order valence-electron chi connectivity index (χ3n) is 4.31. The van der Waals surface area contributed by atoms with Gasteiger partial charge < -0.3 is 10.2 Å². The van der Waals surface area contributed by atoms with Gasteiger partial charge in [0.2, 0.25) is 21.8 Å². The molecule has 1 N–H and O–H groups in total.